The van der Waals surface area contributed by atoms with E-state index in [1.54, 1.807) is 35.4 Å². The third-order valence-electron chi connectivity index (χ3n) is 3.54. The minimum absolute atomic E-state index is 0.0362. The average molecular weight is 324 g/mol. The number of nitriles is 1. The van der Waals surface area contributed by atoms with Gasteiger partial charge in [0, 0.05) is 24.2 Å². The number of benzene rings is 1. The number of fused-ring (bicyclic) bond motifs is 1. The molecule has 3 N–H and O–H groups in total. The summed E-state index contributed by atoms with van der Waals surface area (Å²) in [4.78, 5) is 13.1. The zero-order chi connectivity index (χ0) is 16.9. The van der Waals surface area contributed by atoms with Gasteiger partial charge in [0.05, 0.1) is 42.3 Å². The van der Waals surface area contributed by atoms with Crippen LogP contribution in [0, 0.1) is 11.3 Å². The van der Waals surface area contributed by atoms with Gasteiger partial charge in [0.15, 0.2) is 0 Å². The summed E-state index contributed by atoms with van der Waals surface area (Å²) in [6.45, 7) is 0.605. The zero-order valence-corrected chi connectivity index (χ0v) is 12.9. The fraction of sp³-hybridized carbons (Fsp3) is 0.250. The van der Waals surface area contributed by atoms with Crippen LogP contribution in [0.2, 0.25) is 0 Å². The first kappa shape index (κ1) is 15.9. The number of rotatable bonds is 6. The smallest absolute Gasteiger partial charge is 0.235 e. The lowest BCUT2D eigenvalue weighted by molar-refractivity contribution is 0.0942. The van der Waals surface area contributed by atoms with Gasteiger partial charge in [-0.2, -0.15) is 5.26 Å². The first-order valence-electron chi connectivity index (χ1n) is 7.40. The first-order valence-corrected chi connectivity index (χ1v) is 7.40. The Morgan fingerprint density at radius 2 is 2.17 bits per heavy atom. The van der Waals surface area contributed by atoms with Crippen LogP contribution in [0.1, 0.15) is 11.3 Å². The SMILES string of the molecule is N#Cc1ccc2nc(-n3ccnc3)nc(CCOCCO)c2c1N. The Balaban J connectivity index is 2.10. The maximum Gasteiger partial charge on any atom is 0.235 e. The molecule has 0 spiro atoms. The predicted octanol–water partition coefficient (Wildman–Crippen LogP) is 0.821. The quantitative estimate of drug-likeness (QED) is 0.508. The van der Waals surface area contributed by atoms with E-state index >= 15 is 0 Å². The molecule has 0 amide bonds. The summed E-state index contributed by atoms with van der Waals surface area (Å²) in [6.07, 6.45) is 5.49. The van der Waals surface area contributed by atoms with Crippen LogP contribution in [-0.4, -0.2) is 44.4 Å². The van der Waals surface area contributed by atoms with Crippen molar-refractivity contribution in [3.8, 4) is 12.0 Å². The first-order chi connectivity index (χ1) is 11.7. The number of aromatic nitrogens is 4. The Morgan fingerprint density at radius 3 is 2.88 bits per heavy atom. The fourth-order valence-electron chi connectivity index (χ4n) is 2.42. The number of aliphatic hydroxyl groups excluding tert-OH is 1. The van der Waals surface area contributed by atoms with Gasteiger partial charge in [-0.3, -0.25) is 4.57 Å². The van der Waals surface area contributed by atoms with Gasteiger partial charge in [0.2, 0.25) is 5.95 Å². The molecule has 8 nitrogen and oxygen atoms in total. The molecule has 0 aliphatic rings. The summed E-state index contributed by atoms with van der Waals surface area (Å²) in [7, 11) is 0. The Labute approximate surface area is 138 Å². The Bertz CT molecular complexity index is 886. The molecule has 0 bridgehead atoms. The van der Waals surface area contributed by atoms with Crippen molar-refractivity contribution in [2.75, 3.05) is 25.6 Å². The summed E-state index contributed by atoms with van der Waals surface area (Å²) in [6, 6.07) is 5.47. The van der Waals surface area contributed by atoms with E-state index in [1.165, 1.54) is 0 Å². The van der Waals surface area contributed by atoms with E-state index in [-0.39, 0.29) is 13.2 Å². The Hall–Kier alpha value is -3.02. The molecule has 0 atom stereocenters. The van der Waals surface area contributed by atoms with E-state index in [1.807, 2.05) is 0 Å². The fourth-order valence-corrected chi connectivity index (χ4v) is 2.42. The molecule has 24 heavy (non-hydrogen) atoms. The second-order valence-corrected chi connectivity index (χ2v) is 5.06. The number of imidazole rings is 1. The molecule has 3 rings (SSSR count). The number of aliphatic hydroxyl groups is 1. The molecule has 0 fully saturated rings. The monoisotopic (exact) mass is 324 g/mol. The highest BCUT2D eigenvalue weighted by Crippen LogP contribution is 2.27. The molecular weight excluding hydrogens is 308 g/mol. The maximum absolute atomic E-state index is 9.18. The molecule has 0 saturated carbocycles. The van der Waals surface area contributed by atoms with Gasteiger partial charge >= 0.3 is 0 Å². The number of anilines is 1. The number of nitrogen functional groups attached to an aromatic ring is 1. The highest BCUT2D eigenvalue weighted by Gasteiger charge is 2.14. The largest absolute Gasteiger partial charge is 0.397 e. The molecule has 1 aromatic carbocycles. The minimum Gasteiger partial charge on any atom is -0.397 e. The van der Waals surface area contributed by atoms with Gasteiger partial charge < -0.3 is 15.6 Å². The van der Waals surface area contributed by atoms with E-state index in [4.69, 9.17) is 15.6 Å². The highest BCUT2D eigenvalue weighted by atomic mass is 16.5. The van der Waals surface area contributed by atoms with Crippen LogP contribution in [-0.2, 0) is 11.2 Å². The summed E-state index contributed by atoms with van der Waals surface area (Å²) in [5, 5.41) is 18.6. The summed E-state index contributed by atoms with van der Waals surface area (Å²) < 4.78 is 7.03. The summed E-state index contributed by atoms with van der Waals surface area (Å²) in [5.74, 6) is 0.473. The maximum atomic E-state index is 9.18. The van der Waals surface area contributed by atoms with Gasteiger partial charge in [-0.15, -0.1) is 0 Å². The number of hydrogen-bond donors (Lipinski definition) is 2. The third kappa shape index (κ3) is 3.03. The third-order valence-corrected chi connectivity index (χ3v) is 3.54. The van der Waals surface area contributed by atoms with Crippen LogP contribution in [0.5, 0.6) is 0 Å². The van der Waals surface area contributed by atoms with Crippen molar-refractivity contribution in [2.24, 2.45) is 0 Å². The molecule has 122 valence electrons. The van der Waals surface area contributed by atoms with Crippen LogP contribution in [0.15, 0.2) is 30.9 Å². The molecule has 0 saturated heterocycles. The highest BCUT2D eigenvalue weighted by molar-refractivity contribution is 5.95. The zero-order valence-electron chi connectivity index (χ0n) is 12.9. The molecule has 2 aromatic heterocycles. The second kappa shape index (κ2) is 7.04. The van der Waals surface area contributed by atoms with Gasteiger partial charge in [-0.25, -0.2) is 15.0 Å². The van der Waals surface area contributed by atoms with Crippen molar-refractivity contribution < 1.29 is 9.84 Å². The second-order valence-electron chi connectivity index (χ2n) is 5.06. The molecular formula is C16H16N6O2. The van der Waals surface area contributed by atoms with Crippen molar-refractivity contribution in [3.05, 3.63) is 42.1 Å². The van der Waals surface area contributed by atoms with Crippen molar-refractivity contribution in [3.63, 3.8) is 0 Å². The normalized spacial score (nSPS) is 10.8. The summed E-state index contributed by atoms with van der Waals surface area (Å²) >= 11 is 0. The molecule has 0 aliphatic carbocycles. The molecule has 8 heteroatoms. The summed E-state index contributed by atoms with van der Waals surface area (Å²) in [5.41, 5.74) is 8.23. The molecule has 2 heterocycles. The van der Waals surface area contributed by atoms with Gasteiger partial charge in [0.1, 0.15) is 12.4 Å². The Kier molecular flexibility index (Phi) is 4.65. The van der Waals surface area contributed by atoms with Crippen LogP contribution >= 0.6 is 0 Å². The minimum atomic E-state index is -0.0362. The molecule has 0 aliphatic heterocycles. The van der Waals surface area contributed by atoms with Crippen molar-refractivity contribution in [1.29, 1.82) is 5.26 Å². The van der Waals surface area contributed by atoms with Crippen LogP contribution in [0.3, 0.4) is 0 Å². The van der Waals surface area contributed by atoms with Crippen LogP contribution in [0.4, 0.5) is 5.69 Å². The van der Waals surface area contributed by atoms with E-state index in [0.717, 1.165) is 0 Å². The van der Waals surface area contributed by atoms with Crippen LogP contribution < -0.4 is 5.73 Å². The number of ether oxygens (including phenoxy) is 1. The van der Waals surface area contributed by atoms with E-state index < -0.39 is 0 Å². The van der Waals surface area contributed by atoms with E-state index in [0.29, 0.717) is 46.8 Å². The lowest BCUT2D eigenvalue weighted by Crippen LogP contribution is -2.09. The molecule has 0 radical (unpaired) electrons. The van der Waals surface area contributed by atoms with Crippen molar-refractivity contribution in [2.45, 2.75) is 6.42 Å². The van der Waals surface area contributed by atoms with Gasteiger partial charge in [-0.05, 0) is 12.1 Å². The van der Waals surface area contributed by atoms with E-state index in [9.17, 15) is 5.26 Å². The average Bonchev–Trinajstić information content (AvgIpc) is 3.13. The van der Waals surface area contributed by atoms with Crippen molar-refractivity contribution in [1.82, 2.24) is 19.5 Å². The lowest BCUT2D eigenvalue weighted by atomic mass is 10.1. The predicted molar refractivity (Wildman–Crippen MR) is 87.4 cm³/mol. The van der Waals surface area contributed by atoms with Crippen molar-refractivity contribution >= 4 is 16.6 Å². The Morgan fingerprint density at radius 1 is 1.29 bits per heavy atom. The molecule has 0 unspecified atom stereocenters. The lowest BCUT2D eigenvalue weighted by Gasteiger charge is -2.12. The standard InChI is InChI=1S/C16H16N6O2/c17-9-11-1-2-12-14(15(11)18)13(3-7-24-8-6-23)21-16(20-12)22-5-4-19-10-22/h1-2,4-5,10,23H,3,6-8,18H2. The van der Waals surface area contributed by atoms with Gasteiger partial charge in [0.25, 0.3) is 0 Å². The number of nitrogens with zero attached hydrogens (tertiary/aromatic N) is 5. The number of nitrogens with two attached hydrogens (primary N) is 1. The van der Waals surface area contributed by atoms with Crippen LogP contribution in [0.25, 0.3) is 16.9 Å². The topological polar surface area (TPSA) is 123 Å². The molecule has 3 aromatic rings. The number of hydrogen-bond acceptors (Lipinski definition) is 7. The van der Waals surface area contributed by atoms with E-state index in [2.05, 4.69) is 21.0 Å². The van der Waals surface area contributed by atoms with Gasteiger partial charge in [-0.1, -0.05) is 0 Å².